The Morgan fingerprint density at radius 2 is 1.63 bits per heavy atom. The van der Waals surface area contributed by atoms with Crippen LogP contribution >= 0.6 is 0 Å². The predicted octanol–water partition coefficient (Wildman–Crippen LogP) is 6.19. The van der Waals surface area contributed by atoms with E-state index in [1.165, 1.54) is 16.7 Å². The Bertz CT molecular complexity index is 1010. The lowest BCUT2D eigenvalue weighted by atomic mass is 9.70. The van der Waals surface area contributed by atoms with Gasteiger partial charge in [-0.05, 0) is 87.3 Å². The second kappa shape index (κ2) is 12.4. The second-order valence-corrected chi connectivity index (χ2v) is 10.1. The molecular formula is C30H42O5. The highest BCUT2D eigenvalue weighted by Gasteiger charge is 2.31. The number of benzene rings is 2. The molecule has 0 aliphatic heterocycles. The maximum absolute atomic E-state index is 10.6. The number of carboxylic acids is 1. The van der Waals surface area contributed by atoms with Crippen molar-refractivity contribution in [1.29, 1.82) is 0 Å². The average Bonchev–Trinajstić information content (AvgIpc) is 2.78. The predicted molar refractivity (Wildman–Crippen MR) is 142 cm³/mol. The van der Waals surface area contributed by atoms with E-state index in [1.54, 1.807) is 13.8 Å². The van der Waals surface area contributed by atoms with Crippen molar-refractivity contribution in [2.24, 2.45) is 0 Å². The fraction of sp³-hybridized carbons (Fsp3) is 0.500. The van der Waals surface area contributed by atoms with E-state index in [2.05, 4.69) is 51.1 Å². The van der Waals surface area contributed by atoms with Gasteiger partial charge in [-0.25, -0.2) is 0 Å². The van der Waals surface area contributed by atoms with Gasteiger partial charge in [-0.2, -0.15) is 0 Å². The zero-order chi connectivity index (χ0) is 26.2. The van der Waals surface area contributed by atoms with Crippen LogP contribution in [-0.4, -0.2) is 39.6 Å². The molecule has 5 nitrogen and oxygen atoms in total. The topological polar surface area (TPSA) is 87.0 Å². The molecule has 0 fully saturated rings. The Morgan fingerprint density at radius 3 is 2.14 bits per heavy atom. The lowest BCUT2D eigenvalue weighted by molar-refractivity contribution is -0.137. The molecule has 0 aliphatic rings. The van der Waals surface area contributed by atoms with Gasteiger partial charge in [0.25, 0.3) is 0 Å². The van der Waals surface area contributed by atoms with Gasteiger partial charge in [0.15, 0.2) is 0 Å². The van der Waals surface area contributed by atoms with Crippen molar-refractivity contribution < 1.29 is 24.9 Å². The molecule has 0 amide bonds. The zero-order valence-electron chi connectivity index (χ0n) is 22.1. The molecule has 0 heterocycles. The summed E-state index contributed by atoms with van der Waals surface area (Å²) in [4.78, 5) is 10.6. The van der Waals surface area contributed by atoms with Crippen molar-refractivity contribution in [1.82, 2.24) is 0 Å². The van der Waals surface area contributed by atoms with Gasteiger partial charge < -0.3 is 20.1 Å². The summed E-state index contributed by atoms with van der Waals surface area (Å²) in [7, 11) is 0. The number of ether oxygens (including phenoxy) is 1. The van der Waals surface area contributed by atoms with Crippen LogP contribution in [0.25, 0.3) is 6.08 Å². The molecule has 0 bridgehead atoms. The minimum atomic E-state index is -0.852. The molecule has 2 rings (SSSR count). The molecule has 3 N–H and O–H groups in total. The molecule has 192 valence electrons. The van der Waals surface area contributed by atoms with Crippen molar-refractivity contribution in [2.75, 3.05) is 6.61 Å². The Balaban J connectivity index is 2.24. The van der Waals surface area contributed by atoms with Gasteiger partial charge in [-0.1, -0.05) is 56.3 Å². The minimum Gasteiger partial charge on any atom is -0.491 e. The average molecular weight is 483 g/mol. The lowest BCUT2D eigenvalue weighted by Crippen LogP contribution is -2.26. The highest BCUT2D eigenvalue weighted by atomic mass is 16.5. The van der Waals surface area contributed by atoms with Crippen LogP contribution in [0.3, 0.4) is 0 Å². The number of hydrogen-bond donors (Lipinski definition) is 3. The first kappa shape index (κ1) is 28.6. The van der Waals surface area contributed by atoms with E-state index < -0.39 is 17.7 Å². The fourth-order valence-corrected chi connectivity index (χ4v) is 4.55. The monoisotopic (exact) mass is 482 g/mol. The molecule has 1 atom stereocenters. The van der Waals surface area contributed by atoms with Gasteiger partial charge in [0.2, 0.25) is 0 Å². The number of aliphatic hydroxyl groups is 2. The van der Waals surface area contributed by atoms with Gasteiger partial charge in [0, 0.05) is 11.8 Å². The van der Waals surface area contributed by atoms with E-state index in [1.807, 2.05) is 25.1 Å². The summed E-state index contributed by atoms with van der Waals surface area (Å²) in [6, 6.07) is 12.8. The first-order chi connectivity index (χ1) is 16.4. The van der Waals surface area contributed by atoms with Gasteiger partial charge in [-0.3, -0.25) is 4.79 Å². The summed E-state index contributed by atoms with van der Waals surface area (Å²) in [5.41, 5.74) is 4.78. The van der Waals surface area contributed by atoms with Crippen LogP contribution in [0.2, 0.25) is 0 Å². The molecule has 5 heteroatoms. The number of aliphatic hydroxyl groups excluding tert-OH is 1. The first-order valence-corrected chi connectivity index (χ1v) is 12.6. The normalized spacial score (nSPS) is 13.3. The van der Waals surface area contributed by atoms with Gasteiger partial charge in [0.05, 0.1) is 11.7 Å². The van der Waals surface area contributed by atoms with Crippen molar-refractivity contribution >= 4 is 12.0 Å². The molecule has 0 saturated heterocycles. The number of hydrogen-bond acceptors (Lipinski definition) is 4. The molecule has 0 aromatic heterocycles. The highest BCUT2D eigenvalue weighted by molar-refractivity contribution is 5.66. The summed E-state index contributed by atoms with van der Waals surface area (Å²) in [5, 5.41) is 28.9. The number of carbonyl (C=O) groups is 1. The van der Waals surface area contributed by atoms with Crippen molar-refractivity contribution in [2.45, 2.75) is 90.8 Å². The molecule has 2 aromatic carbocycles. The van der Waals surface area contributed by atoms with E-state index in [9.17, 15) is 15.0 Å². The summed E-state index contributed by atoms with van der Waals surface area (Å²) in [5.74, 6) is -0.120. The summed E-state index contributed by atoms with van der Waals surface area (Å²) < 4.78 is 5.86. The smallest absolute Gasteiger partial charge is 0.303 e. The first-order valence-electron chi connectivity index (χ1n) is 12.6. The van der Waals surface area contributed by atoms with E-state index in [0.717, 1.165) is 29.7 Å². The van der Waals surface area contributed by atoms with Crippen LogP contribution in [0.4, 0.5) is 0 Å². The second-order valence-electron chi connectivity index (χ2n) is 10.1. The Morgan fingerprint density at radius 1 is 1.03 bits per heavy atom. The number of rotatable bonds is 13. The molecule has 35 heavy (non-hydrogen) atoms. The lowest BCUT2D eigenvalue weighted by Gasteiger charge is -2.34. The van der Waals surface area contributed by atoms with Crippen LogP contribution in [0.5, 0.6) is 5.75 Å². The van der Waals surface area contributed by atoms with Crippen molar-refractivity contribution in [3.63, 3.8) is 0 Å². The van der Waals surface area contributed by atoms with Gasteiger partial charge >= 0.3 is 5.97 Å². The Kier molecular flexibility index (Phi) is 10.1. The van der Waals surface area contributed by atoms with Crippen LogP contribution in [-0.2, 0) is 10.2 Å². The molecule has 0 unspecified atom stereocenters. The van der Waals surface area contributed by atoms with E-state index in [-0.39, 0.29) is 18.4 Å². The summed E-state index contributed by atoms with van der Waals surface area (Å²) in [6.45, 7) is 12.2. The van der Waals surface area contributed by atoms with Crippen molar-refractivity contribution in [3.8, 4) is 5.75 Å². The number of aryl methyl sites for hydroxylation is 2. The summed E-state index contributed by atoms with van der Waals surface area (Å²) in [6.07, 6.45) is 5.88. The van der Waals surface area contributed by atoms with Crippen LogP contribution in [0.15, 0.2) is 42.5 Å². The third kappa shape index (κ3) is 7.94. The van der Waals surface area contributed by atoms with Crippen LogP contribution in [0, 0.1) is 13.8 Å². The molecule has 0 saturated carbocycles. The quantitative estimate of drug-likeness (QED) is 0.317. The van der Waals surface area contributed by atoms with Crippen LogP contribution in [0.1, 0.15) is 87.6 Å². The molecular weight excluding hydrogens is 440 g/mol. The maximum atomic E-state index is 10.6. The zero-order valence-corrected chi connectivity index (χ0v) is 22.1. The van der Waals surface area contributed by atoms with E-state index >= 15 is 0 Å². The van der Waals surface area contributed by atoms with Crippen molar-refractivity contribution in [3.05, 3.63) is 70.3 Å². The molecule has 0 radical (unpaired) electrons. The third-order valence-corrected chi connectivity index (χ3v) is 6.79. The highest BCUT2D eigenvalue weighted by Crippen LogP contribution is 2.41. The Labute approximate surface area is 210 Å². The largest absolute Gasteiger partial charge is 0.491 e. The molecule has 0 aliphatic carbocycles. The van der Waals surface area contributed by atoms with Gasteiger partial charge in [-0.15, -0.1) is 0 Å². The standard InChI is InChI=1S/C30H42O5/c1-7-30(8-2,24-13-12-23(21(3)18-24)16-17-29(5,6)34)25-14-15-27(22(4)19-25)35-20-26(31)10-9-11-28(32)33/h12-19,26,31,34H,7-11,20H2,1-6H3,(H,32,33)/b17-16+/t26-/m1/s1. The number of carboxylic acid groups (broad SMARTS) is 1. The third-order valence-electron chi connectivity index (χ3n) is 6.79. The van der Waals surface area contributed by atoms with Gasteiger partial charge in [0.1, 0.15) is 12.4 Å². The maximum Gasteiger partial charge on any atom is 0.303 e. The Hall–Kier alpha value is -2.63. The van der Waals surface area contributed by atoms with Crippen LogP contribution < -0.4 is 4.74 Å². The van der Waals surface area contributed by atoms with E-state index in [4.69, 9.17) is 9.84 Å². The SMILES string of the molecule is CCC(CC)(c1ccc(/C=C/C(C)(C)O)c(C)c1)c1ccc(OC[C@H](O)CCCC(=O)O)c(C)c1. The summed E-state index contributed by atoms with van der Waals surface area (Å²) >= 11 is 0. The van der Waals surface area contributed by atoms with E-state index in [0.29, 0.717) is 12.8 Å². The fourth-order valence-electron chi connectivity index (χ4n) is 4.55. The number of aliphatic carboxylic acids is 1. The molecule has 2 aromatic rings. The molecule has 0 spiro atoms. The minimum absolute atomic E-state index is 0.0526.